The van der Waals surface area contributed by atoms with Crippen LogP contribution >= 0.6 is 23.2 Å². The molecule has 5 heteroatoms. The summed E-state index contributed by atoms with van der Waals surface area (Å²) in [6, 6.07) is 2.24. The molecule has 2 rings (SSSR count). The highest BCUT2D eigenvalue weighted by Gasteiger charge is 2.25. The van der Waals surface area contributed by atoms with E-state index in [0.717, 1.165) is 25.5 Å². The molecule has 1 aliphatic heterocycles. The van der Waals surface area contributed by atoms with E-state index in [1.807, 2.05) is 0 Å². The number of aromatic nitrogens is 1. The molecular weight excluding hydrogens is 293 g/mol. The molecule has 1 atom stereocenters. The summed E-state index contributed by atoms with van der Waals surface area (Å²) in [6.07, 6.45) is 5.33. The fraction of sp³-hybridized carbons (Fsp3) is 0.667. The maximum atomic E-state index is 6.30. The Morgan fingerprint density at radius 2 is 2.20 bits per heavy atom. The zero-order chi connectivity index (χ0) is 14.5. The van der Waals surface area contributed by atoms with Crippen molar-refractivity contribution in [2.24, 2.45) is 5.92 Å². The molecule has 1 N–H and O–H groups in total. The van der Waals surface area contributed by atoms with Crippen LogP contribution in [-0.4, -0.2) is 30.7 Å². The average molecular weight is 316 g/mol. The molecule has 1 aromatic rings. The van der Waals surface area contributed by atoms with E-state index in [1.54, 1.807) is 12.3 Å². The fourth-order valence-electron chi connectivity index (χ4n) is 2.65. The van der Waals surface area contributed by atoms with Gasteiger partial charge in [-0.1, -0.05) is 37.0 Å². The lowest BCUT2D eigenvalue weighted by molar-refractivity contribution is 0.421. The largest absolute Gasteiger partial charge is 0.351 e. The van der Waals surface area contributed by atoms with Gasteiger partial charge in [-0.25, -0.2) is 4.98 Å². The van der Waals surface area contributed by atoms with Crippen LogP contribution in [0.4, 0.5) is 5.82 Å². The Morgan fingerprint density at radius 1 is 1.40 bits per heavy atom. The third-order valence-electron chi connectivity index (χ3n) is 3.62. The predicted molar refractivity (Wildman–Crippen MR) is 86.9 cm³/mol. The van der Waals surface area contributed by atoms with Crippen LogP contribution in [0, 0.1) is 5.92 Å². The van der Waals surface area contributed by atoms with E-state index in [1.165, 1.54) is 19.3 Å². The van der Waals surface area contributed by atoms with E-state index in [4.69, 9.17) is 23.2 Å². The van der Waals surface area contributed by atoms with Crippen LogP contribution in [-0.2, 0) is 0 Å². The lowest BCUT2D eigenvalue weighted by Crippen LogP contribution is -2.46. The molecule has 20 heavy (non-hydrogen) atoms. The summed E-state index contributed by atoms with van der Waals surface area (Å²) in [4.78, 5) is 6.76. The highest BCUT2D eigenvalue weighted by molar-refractivity contribution is 6.36. The molecule has 0 amide bonds. The minimum Gasteiger partial charge on any atom is -0.351 e. The van der Waals surface area contributed by atoms with Gasteiger partial charge in [-0.05, 0) is 37.8 Å². The van der Waals surface area contributed by atoms with Gasteiger partial charge in [-0.15, -0.1) is 0 Å². The molecule has 0 saturated carbocycles. The highest BCUT2D eigenvalue weighted by Crippen LogP contribution is 2.30. The molecule has 1 fully saturated rings. The number of hydrogen-bond acceptors (Lipinski definition) is 3. The third kappa shape index (κ3) is 4.24. The van der Waals surface area contributed by atoms with Gasteiger partial charge < -0.3 is 10.2 Å². The molecule has 3 nitrogen and oxygen atoms in total. The van der Waals surface area contributed by atoms with E-state index >= 15 is 0 Å². The normalized spacial score (nSPS) is 19.6. The average Bonchev–Trinajstić information content (AvgIpc) is 2.39. The number of pyridine rings is 1. The first-order valence-corrected chi connectivity index (χ1v) is 8.12. The Kier molecular flexibility index (Phi) is 5.94. The first-order valence-electron chi connectivity index (χ1n) is 7.36. The Hall–Kier alpha value is -0.510. The Labute approximate surface area is 131 Å². The second-order valence-electron chi connectivity index (χ2n) is 5.85. The van der Waals surface area contributed by atoms with Crippen LogP contribution in [0.5, 0.6) is 0 Å². The summed E-state index contributed by atoms with van der Waals surface area (Å²) < 4.78 is 0. The smallest absolute Gasteiger partial charge is 0.147 e. The third-order valence-corrected chi connectivity index (χ3v) is 4.10. The van der Waals surface area contributed by atoms with E-state index in [-0.39, 0.29) is 0 Å². The molecule has 0 aliphatic carbocycles. The zero-order valence-electron chi connectivity index (χ0n) is 12.2. The van der Waals surface area contributed by atoms with Crippen LogP contribution in [0.2, 0.25) is 10.0 Å². The van der Waals surface area contributed by atoms with Crippen molar-refractivity contribution in [2.45, 2.75) is 39.2 Å². The summed E-state index contributed by atoms with van der Waals surface area (Å²) >= 11 is 12.2. The Balaban J connectivity index is 2.06. The van der Waals surface area contributed by atoms with Crippen molar-refractivity contribution in [3.05, 3.63) is 22.3 Å². The minimum absolute atomic E-state index is 0.466. The van der Waals surface area contributed by atoms with Gasteiger partial charge in [0.05, 0.1) is 10.0 Å². The van der Waals surface area contributed by atoms with Gasteiger partial charge in [-0.3, -0.25) is 0 Å². The fourth-order valence-corrected chi connectivity index (χ4v) is 3.14. The number of piperidine rings is 1. The summed E-state index contributed by atoms with van der Waals surface area (Å²) in [5.41, 5.74) is 0. The number of nitrogens with zero attached hydrogens (tertiary/aromatic N) is 2. The van der Waals surface area contributed by atoms with Crippen LogP contribution in [0.25, 0.3) is 0 Å². The molecule has 112 valence electrons. The lowest BCUT2D eigenvalue weighted by atomic mass is 10.0. The maximum absolute atomic E-state index is 6.30. The zero-order valence-corrected chi connectivity index (χ0v) is 13.7. The lowest BCUT2D eigenvalue weighted by Gasteiger charge is -2.37. The number of rotatable bonds is 5. The molecule has 1 aromatic heterocycles. The van der Waals surface area contributed by atoms with Gasteiger partial charge in [0.25, 0.3) is 0 Å². The predicted octanol–water partition coefficient (Wildman–Crippen LogP) is 3.99. The topological polar surface area (TPSA) is 28.2 Å². The summed E-state index contributed by atoms with van der Waals surface area (Å²) in [7, 11) is 0. The van der Waals surface area contributed by atoms with Gasteiger partial charge in [0, 0.05) is 25.3 Å². The first-order chi connectivity index (χ1) is 9.58. The van der Waals surface area contributed by atoms with Crippen molar-refractivity contribution < 1.29 is 0 Å². The summed E-state index contributed by atoms with van der Waals surface area (Å²) in [5.74, 6) is 1.54. The number of anilines is 1. The van der Waals surface area contributed by atoms with Crippen molar-refractivity contribution in [1.82, 2.24) is 10.3 Å². The molecule has 2 heterocycles. The van der Waals surface area contributed by atoms with E-state index in [0.29, 0.717) is 22.0 Å². The monoisotopic (exact) mass is 315 g/mol. The Bertz CT molecular complexity index is 437. The molecule has 1 aliphatic rings. The highest BCUT2D eigenvalue weighted by atomic mass is 35.5. The molecule has 0 radical (unpaired) electrons. The Morgan fingerprint density at radius 3 is 2.90 bits per heavy atom. The van der Waals surface area contributed by atoms with E-state index in [2.05, 4.69) is 29.0 Å². The minimum atomic E-state index is 0.466. The number of nitrogens with one attached hydrogen (secondary N) is 1. The van der Waals surface area contributed by atoms with Crippen molar-refractivity contribution in [3.63, 3.8) is 0 Å². The standard InChI is InChI=1S/C15H23Cl2N3/c1-11(2)8-18-10-13-5-3-4-6-20(13)15-14(17)7-12(16)9-19-15/h7,9,11,13,18H,3-6,8,10H2,1-2H3. The maximum Gasteiger partial charge on any atom is 0.147 e. The molecule has 0 aromatic carbocycles. The van der Waals surface area contributed by atoms with E-state index < -0.39 is 0 Å². The quantitative estimate of drug-likeness (QED) is 0.890. The van der Waals surface area contributed by atoms with Gasteiger partial charge in [0.1, 0.15) is 5.82 Å². The molecule has 0 bridgehead atoms. The molecule has 1 saturated heterocycles. The number of halogens is 2. The second-order valence-corrected chi connectivity index (χ2v) is 6.70. The van der Waals surface area contributed by atoms with Crippen LogP contribution < -0.4 is 10.2 Å². The first kappa shape index (κ1) is 15.9. The summed E-state index contributed by atoms with van der Waals surface area (Å²) in [5, 5.41) is 4.78. The van der Waals surface area contributed by atoms with Gasteiger partial charge in [0.2, 0.25) is 0 Å². The van der Waals surface area contributed by atoms with Crippen LogP contribution in [0.15, 0.2) is 12.3 Å². The molecule has 1 unspecified atom stereocenters. The van der Waals surface area contributed by atoms with Gasteiger partial charge in [-0.2, -0.15) is 0 Å². The van der Waals surface area contributed by atoms with Gasteiger partial charge >= 0.3 is 0 Å². The molecular formula is C15H23Cl2N3. The van der Waals surface area contributed by atoms with Gasteiger partial charge in [0.15, 0.2) is 0 Å². The second kappa shape index (κ2) is 7.48. The van der Waals surface area contributed by atoms with Crippen LogP contribution in [0.3, 0.4) is 0 Å². The molecule has 0 spiro atoms. The SMILES string of the molecule is CC(C)CNCC1CCCCN1c1ncc(Cl)cc1Cl. The summed E-state index contributed by atoms with van der Waals surface area (Å²) in [6.45, 7) is 7.50. The van der Waals surface area contributed by atoms with Crippen LogP contribution in [0.1, 0.15) is 33.1 Å². The van der Waals surface area contributed by atoms with Crippen molar-refractivity contribution in [3.8, 4) is 0 Å². The van der Waals surface area contributed by atoms with Crippen molar-refractivity contribution >= 4 is 29.0 Å². The van der Waals surface area contributed by atoms with E-state index in [9.17, 15) is 0 Å². The van der Waals surface area contributed by atoms with Crippen molar-refractivity contribution in [1.29, 1.82) is 0 Å². The number of hydrogen-bond donors (Lipinski definition) is 1. The van der Waals surface area contributed by atoms with Crippen molar-refractivity contribution in [2.75, 3.05) is 24.5 Å².